The normalized spacial score (nSPS) is 10.7. The van der Waals surface area contributed by atoms with Crippen molar-refractivity contribution >= 4 is 0 Å². The number of benzene rings is 1. The van der Waals surface area contributed by atoms with Gasteiger partial charge in [0.05, 0.1) is 5.69 Å². The van der Waals surface area contributed by atoms with Crippen molar-refractivity contribution < 1.29 is 4.74 Å². The number of rotatable bonds is 4. The van der Waals surface area contributed by atoms with Gasteiger partial charge in [0.1, 0.15) is 5.75 Å². The fourth-order valence-electron chi connectivity index (χ4n) is 1.57. The first-order valence-electron chi connectivity index (χ1n) is 5.99. The molecule has 0 bridgehead atoms. The summed E-state index contributed by atoms with van der Waals surface area (Å²) in [6.07, 6.45) is 1.65. The summed E-state index contributed by atoms with van der Waals surface area (Å²) in [4.78, 5) is 8.24. The van der Waals surface area contributed by atoms with Gasteiger partial charge in [-0.3, -0.25) is 0 Å². The minimum absolute atomic E-state index is 0.329. The Balaban J connectivity index is 2.13. The lowest BCUT2D eigenvalue weighted by molar-refractivity contribution is 0.439. The average Bonchev–Trinajstić information content (AvgIpc) is 2.39. The second-order valence-corrected chi connectivity index (χ2v) is 4.36. The second-order valence-electron chi connectivity index (χ2n) is 4.36. The molecule has 0 aliphatic rings. The molecule has 0 saturated heterocycles. The van der Waals surface area contributed by atoms with Gasteiger partial charge >= 0.3 is 6.01 Å². The minimum Gasteiger partial charge on any atom is -0.424 e. The molecule has 2 rings (SSSR count). The third-order valence-electron chi connectivity index (χ3n) is 2.66. The van der Waals surface area contributed by atoms with Gasteiger partial charge in [0.2, 0.25) is 0 Å². The molecule has 4 nitrogen and oxygen atoms in total. The van der Waals surface area contributed by atoms with Crippen molar-refractivity contribution in [1.82, 2.24) is 9.97 Å². The van der Waals surface area contributed by atoms with Gasteiger partial charge in [0.25, 0.3) is 0 Å². The predicted molar refractivity (Wildman–Crippen MR) is 70.5 cm³/mol. The van der Waals surface area contributed by atoms with Crippen LogP contribution in [0.15, 0.2) is 36.5 Å². The molecular formula is C14H17N3O. The molecule has 1 aromatic heterocycles. The van der Waals surface area contributed by atoms with Gasteiger partial charge in [-0.2, -0.15) is 4.98 Å². The number of nitrogens with two attached hydrogens (primary N) is 1. The van der Waals surface area contributed by atoms with Crippen LogP contribution in [0.1, 0.15) is 31.0 Å². The Labute approximate surface area is 107 Å². The van der Waals surface area contributed by atoms with E-state index >= 15 is 0 Å². The van der Waals surface area contributed by atoms with Crippen LogP contribution in [0.25, 0.3) is 0 Å². The van der Waals surface area contributed by atoms with Crippen molar-refractivity contribution in [2.45, 2.75) is 26.3 Å². The smallest absolute Gasteiger partial charge is 0.322 e. The van der Waals surface area contributed by atoms with Crippen LogP contribution in [-0.2, 0) is 6.54 Å². The van der Waals surface area contributed by atoms with Crippen LogP contribution in [0.2, 0.25) is 0 Å². The molecule has 0 fully saturated rings. The molecule has 0 spiro atoms. The van der Waals surface area contributed by atoms with E-state index in [2.05, 4.69) is 23.8 Å². The van der Waals surface area contributed by atoms with Gasteiger partial charge in [-0.15, -0.1) is 0 Å². The molecule has 2 N–H and O–H groups in total. The van der Waals surface area contributed by atoms with Crippen molar-refractivity contribution in [3.05, 3.63) is 47.8 Å². The van der Waals surface area contributed by atoms with Gasteiger partial charge in [-0.1, -0.05) is 26.0 Å². The molecule has 2 aromatic rings. The molecule has 0 radical (unpaired) electrons. The van der Waals surface area contributed by atoms with Gasteiger partial charge in [-0.25, -0.2) is 4.98 Å². The fourth-order valence-corrected chi connectivity index (χ4v) is 1.57. The minimum atomic E-state index is 0.329. The van der Waals surface area contributed by atoms with E-state index in [0.29, 0.717) is 18.5 Å². The first-order valence-corrected chi connectivity index (χ1v) is 5.99. The lowest BCUT2D eigenvalue weighted by Gasteiger charge is -2.07. The Morgan fingerprint density at radius 3 is 2.50 bits per heavy atom. The first kappa shape index (κ1) is 12.5. The highest BCUT2D eigenvalue weighted by atomic mass is 16.5. The van der Waals surface area contributed by atoms with Crippen molar-refractivity contribution in [3.8, 4) is 11.8 Å². The number of hydrogen-bond donors (Lipinski definition) is 1. The van der Waals surface area contributed by atoms with E-state index in [-0.39, 0.29) is 0 Å². The third kappa shape index (κ3) is 3.05. The Kier molecular flexibility index (Phi) is 3.89. The molecular weight excluding hydrogens is 226 g/mol. The zero-order valence-electron chi connectivity index (χ0n) is 10.6. The zero-order chi connectivity index (χ0) is 13.0. The summed E-state index contributed by atoms with van der Waals surface area (Å²) in [5, 5.41) is 0. The van der Waals surface area contributed by atoms with Gasteiger partial charge in [-0.05, 0) is 29.7 Å². The standard InChI is InChI=1S/C14H17N3O/c1-10(2)11-3-5-13(6-4-11)18-14-16-8-7-12(9-15)17-14/h3-8,10H,9,15H2,1-2H3. The zero-order valence-corrected chi connectivity index (χ0v) is 10.6. The van der Waals surface area contributed by atoms with Crippen molar-refractivity contribution in [1.29, 1.82) is 0 Å². The first-order chi connectivity index (χ1) is 8.69. The summed E-state index contributed by atoms with van der Waals surface area (Å²) in [6, 6.07) is 10.0. The summed E-state index contributed by atoms with van der Waals surface area (Å²) in [6.45, 7) is 4.69. The highest BCUT2D eigenvalue weighted by molar-refractivity contribution is 5.30. The predicted octanol–water partition coefficient (Wildman–Crippen LogP) is 2.85. The van der Waals surface area contributed by atoms with Crippen molar-refractivity contribution in [2.75, 3.05) is 0 Å². The van der Waals surface area contributed by atoms with E-state index in [1.54, 1.807) is 12.3 Å². The molecule has 18 heavy (non-hydrogen) atoms. The van der Waals surface area contributed by atoms with E-state index < -0.39 is 0 Å². The topological polar surface area (TPSA) is 61.0 Å². The lowest BCUT2D eigenvalue weighted by atomic mass is 10.0. The molecule has 94 valence electrons. The van der Waals surface area contributed by atoms with Crippen LogP contribution >= 0.6 is 0 Å². The van der Waals surface area contributed by atoms with Crippen LogP contribution < -0.4 is 10.5 Å². The van der Waals surface area contributed by atoms with Gasteiger partial charge in [0, 0.05) is 12.7 Å². The van der Waals surface area contributed by atoms with E-state index in [9.17, 15) is 0 Å². The maximum Gasteiger partial charge on any atom is 0.322 e. The largest absolute Gasteiger partial charge is 0.424 e. The molecule has 0 unspecified atom stereocenters. The number of aromatic nitrogens is 2. The highest BCUT2D eigenvalue weighted by Crippen LogP contribution is 2.21. The van der Waals surface area contributed by atoms with E-state index in [4.69, 9.17) is 10.5 Å². The van der Waals surface area contributed by atoms with E-state index in [0.717, 1.165) is 11.4 Å². The van der Waals surface area contributed by atoms with Crippen LogP contribution in [0.3, 0.4) is 0 Å². The maximum atomic E-state index is 5.58. The number of nitrogens with zero attached hydrogens (tertiary/aromatic N) is 2. The van der Waals surface area contributed by atoms with Crippen LogP contribution in [0, 0.1) is 0 Å². The van der Waals surface area contributed by atoms with Crippen LogP contribution in [-0.4, -0.2) is 9.97 Å². The molecule has 0 atom stereocenters. The van der Waals surface area contributed by atoms with E-state index in [1.165, 1.54) is 5.56 Å². The highest BCUT2D eigenvalue weighted by Gasteiger charge is 2.03. The Morgan fingerprint density at radius 1 is 1.17 bits per heavy atom. The summed E-state index contributed by atoms with van der Waals surface area (Å²) in [5.74, 6) is 1.24. The summed E-state index contributed by atoms with van der Waals surface area (Å²) in [5.41, 5.74) is 7.56. The lowest BCUT2D eigenvalue weighted by Crippen LogP contribution is -2.01. The molecule has 0 saturated carbocycles. The molecule has 4 heteroatoms. The summed E-state index contributed by atoms with van der Waals surface area (Å²) < 4.78 is 5.58. The molecule has 0 aliphatic carbocycles. The van der Waals surface area contributed by atoms with Crippen LogP contribution in [0.4, 0.5) is 0 Å². The van der Waals surface area contributed by atoms with Crippen molar-refractivity contribution in [2.24, 2.45) is 5.73 Å². The van der Waals surface area contributed by atoms with E-state index in [1.807, 2.05) is 24.3 Å². The monoisotopic (exact) mass is 243 g/mol. The second kappa shape index (κ2) is 5.60. The number of hydrogen-bond acceptors (Lipinski definition) is 4. The van der Waals surface area contributed by atoms with Gasteiger partial charge in [0.15, 0.2) is 0 Å². The van der Waals surface area contributed by atoms with Crippen LogP contribution in [0.5, 0.6) is 11.8 Å². The maximum absolute atomic E-state index is 5.58. The van der Waals surface area contributed by atoms with Crippen molar-refractivity contribution in [3.63, 3.8) is 0 Å². The quantitative estimate of drug-likeness (QED) is 0.897. The summed E-state index contributed by atoms with van der Waals surface area (Å²) in [7, 11) is 0. The molecule has 1 aromatic carbocycles. The SMILES string of the molecule is CC(C)c1ccc(Oc2nccc(CN)n2)cc1. The summed E-state index contributed by atoms with van der Waals surface area (Å²) >= 11 is 0. The molecule has 0 amide bonds. The fraction of sp³-hybridized carbons (Fsp3) is 0.286. The Hall–Kier alpha value is -1.94. The molecule has 0 aliphatic heterocycles. The van der Waals surface area contributed by atoms with Gasteiger partial charge < -0.3 is 10.5 Å². The molecule has 1 heterocycles. The Morgan fingerprint density at radius 2 is 1.89 bits per heavy atom. The average molecular weight is 243 g/mol. The Bertz CT molecular complexity index is 509. The third-order valence-corrected chi connectivity index (χ3v) is 2.66. The number of ether oxygens (including phenoxy) is 1.